The van der Waals surface area contributed by atoms with E-state index in [0.717, 1.165) is 5.56 Å². The van der Waals surface area contributed by atoms with Crippen LogP contribution < -0.4 is 4.74 Å². The first-order valence-electron chi connectivity index (χ1n) is 11.3. The Hall–Kier alpha value is -2.82. The van der Waals surface area contributed by atoms with Gasteiger partial charge in [0.2, 0.25) is 0 Å². The van der Waals surface area contributed by atoms with Gasteiger partial charge in [-0.15, -0.1) is 5.10 Å². The molecule has 0 saturated heterocycles. The largest absolute Gasteiger partial charge is 0.497 e. The molecular formula is C25H33N3O6. The molecule has 0 radical (unpaired) electrons. The Morgan fingerprint density at radius 1 is 0.824 bits per heavy atom. The molecule has 0 saturated carbocycles. The van der Waals surface area contributed by atoms with Crippen LogP contribution in [-0.4, -0.2) is 78.6 Å². The smallest absolute Gasteiger partial charge is 0.160 e. The zero-order chi connectivity index (χ0) is 24.2. The van der Waals surface area contributed by atoms with E-state index in [1.54, 1.807) is 18.0 Å². The van der Waals surface area contributed by atoms with Crippen molar-refractivity contribution in [2.45, 2.75) is 19.1 Å². The monoisotopic (exact) mass is 471 g/mol. The summed E-state index contributed by atoms with van der Waals surface area (Å²) in [6, 6.07) is 15.0. The first-order chi connectivity index (χ1) is 16.6. The molecule has 0 amide bonds. The van der Waals surface area contributed by atoms with Gasteiger partial charge in [0, 0.05) is 0 Å². The van der Waals surface area contributed by atoms with Gasteiger partial charge < -0.3 is 29.2 Å². The fourth-order valence-corrected chi connectivity index (χ4v) is 3.43. The summed E-state index contributed by atoms with van der Waals surface area (Å²) >= 11 is 0. The number of ether oxygens (including phenoxy) is 4. The topological polar surface area (TPSA) is 108 Å². The van der Waals surface area contributed by atoms with Gasteiger partial charge >= 0.3 is 0 Å². The maximum absolute atomic E-state index is 11.9. The van der Waals surface area contributed by atoms with E-state index >= 15 is 0 Å². The van der Waals surface area contributed by atoms with E-state index < -0.39 is 5.60 Å². The molecule has 1 unspecified atom stereocenters. The van der Waals surface area contributed by atoms with Crippen LogP contribution in [0.4, 0.5) is 0 Å². The van der Waals surface area contributed by atoms with Gasteiger partial charge in [-0.2, -0.15) is 0 Å². The Morgan fingerprint density at radius 2 is 1.38 bits per heavy atom. The zero-order valence-corrected chi connectivity index (χ0v) is 19.7. The van der Waals surface area contributed by atoms with Crippen molar-refractivity contribution in [3.63, 3.8) is 0 Å². The number of aromatic nitrogens is 3. The van der Waals surface area contributed by atoms with Gasteiger partial charge in [0.25, 0.3) is 0 Å². The standard InChI is InChI=1S/C25H33N3O6/c1-20-3-5-21(6-4-20)25(30,22-7-9-23(31-2)10-8-22)24-19-28(27-26-24)11-13-32-15-17-34-18-16-33-14-12-29/h3-10,19,29-30H,11-18H2,1-2H3. The van der Waals surface area contributed by atoms with E-state index in [-0.39, 0.29) is 6.61 Å². The molecule has 184 valence electrons. The van der Waals surface area contributed by atoms with E-state index in [2.05, 4.69) is 10.3 Å². The molecular weight excluding hydrogens is 438 g/mol. The molecule has 9 heteroatoms. The normalized spacial score (nSPS) is 13.1. The lowest BCUT2D eigenvalue weighted by atomic mass is 9.83. The Morgan fingerprint density at radius 3 is 1.97 bits per heavy atom. The highest BCUT2D eigenvalue weighted by molar-refractivity contribution is 5.45. The van der Waals surface area contributed by atoms with Crippen LogP contribution in [0.1, 0.15) is 22.4 Å². The average Bonchev–Trinajstić information content (AvgIpc) is 3.35. The number of aliphatic hydroxyl groups excluding tert-OH is 1. The third-order valence-electron chi connectivity index (χ3n) is 5.33. The average molecular weight is 472 g/mol. The van der Waals surface area contributed by atoms with Gasteiger partial charge in [0.15, 0.2) is 5.60 Å². The predicted molar refractivity (Wildman–Crippen MR) is 126 cm³/mol. The molecule has 1 atom stereocenters. The number of hydrogen-bond acceptors (Lipinski definition) is 8. The number of aryl methyl sites for hydroxylation is 1. The number of hydrogen-bond donors (Lipinski definition) is 2. The van der Waals surface area contributed by atoms with Crippen LogP contribution in [0, 0.1) is 6.92 Å². The van der Waals surface area contributed by atoms with E-state index in [9.17, 15) is 5.11 Å². The Balaban J connectivity index is 1.61. The van der Waals surface area contributed by atoms with Gasteiger partial charge in [-0.25, -0.2) is 4.68 Å². The molecule has 3 aromatic rings. The van der Waals surface area contributed by atoms with Crippen molar-refractivity contribution < 1.29 is 29.2 Å². The number of rotatable bonds is 15. The van der Waals surface area contributed by atoms with Crippen molar-refractivity contribution in [2.75, 3.05) is 53.4 Å². The number of methoxy groups -OCH3 is 1. The molecule has 2 aromatic carbocycles. The number of nitrogens with zero attached hydrogens (tertiary/aromatic N) is 3. The summed E-state index contributed by atoms with van der Waals surface area (Å²) < 4.78 is 23.0. The highest BCUT2D eigenvalue weighted by atomic mass is 16.5. The lowest BCUT2D eigenvalue weighted by molar-refractivity contribution is 0.00627. The highest BCUT2D eigenvalue weighted by Crippen LogP contribution is 2.36. The van der Waals surface area contributed by atoms with Gasteiger partial charge in [-0.3, -0.25) is 0 Å². The van der Waals surface area contributed by atoms with E-state index in [1.165, 1.54) is 0 Å². The molecule has 0 spiro atoms. The number of aliphatic hydroxyl groups is 2. The minimum Gasteiger partial charge on any atom is -0.497 e. The summed E-state index contributed by atoms with van der Waals surface area (Å²) in [5, 5.41) is 29.0. The van der Waals surface area contributed by atoms with Crippen LogP contribution in [0.25, 0.3) is 0 Å². The molecule has 0 aliphatic rings. The molecule has 0 fully saturated rings. The second-order valence-electron chi connectivity index (χ2n) is 7.73. The first kappa shape index (κ1) is 25.8. The first-order valence-corrected chi connectivity index (χ1v) is 11.3. The Labute approximate surface area is 199 Å². The van der Waals surface area contributed by atoms with Crippen molar-refractivity contribution in [1.29, 1.82) is 0 Å². The summed E-state index contributed by atoms with van der Waals surface area (Å²) in [5.74, 6) is 0.706. The second-order valence-corrected chi connectivity index (χ2v) is 7.73. The van der Waals surface area contributed by atoms with E-state index in [0.29, 0.717) is 68.8 Å². The maximum Gasteiger partial charge on any atom is 0.160 e. The van der Waals surface area contributed by atoms with Crippen LogP contribution in [-0.2, 0) is 26.4 Å². The molecule has 2 N–H and O–H groups in total. The molecule has 1 aromatic heterocycles. The van der Waals surface area contributed by atoms with E-state index in [1.807, 2.05) is 55.5 Å². The lowest BCUT2D eigenvalue weighted by Crippen LogP contribution is -2.29. The number of benzene rings is 2. The summed E-state index contributed by atoms with van der Waals surface area (Å²) in [4.78, 5) is 0. The third kappa shape index (κ3) is 6.85. The fourth-order valence-electron chi connectivity index (χ4n) is 3.43. The van der Waals surface area contributed by atoms with Crippen LogP contribution in [0.3, 0.4) is 0 Å². The second kappa shape index (κ2) is 13.2. The summed E-state index contributed by atoms with van der Waals surface area (Å²) in [6.07, 6.45) is 1.74. The molecule has 34 heavy (non-hydrogen) atoms. The van der Waals surface area contributed by atoms with Gasteiger partial charge in [0.05, 0.1) is 66.1 Å². The summed E-state index contributed by atoms with van der Waals surface area (Å²) in [6.45, 7) is 5.04. The van der Waals surface area contributed by atoms with Crippen molar-refractivity contribution in [2.24, 2.45) is 0 Å². The van der Waals surface area contributed by atoms with Crippen LogP contribution in [0.15, 0.2) is 54.7 Å². The minimum atomic E-state index is -1.47. The molecule has 3 rings (SSSR count). The predicted octanol–water partition coefficient (Wildman–Crippen LogP) is 1.92. The maximum atomic E-state index is 11.9. The third-order valence-corrected chi connectivity index (χ3v) is 5.33. The molecule has 9 nitrogen and oxygen atoms in total. The summed E-state index contributed by atoms with van der Waals surface area (Å²) in [5.41, 5.74) is 1.42. The van der Waals surface area contributed by atoms with Gasteiger partial charge in [0.1, 0.15) is 11.4 Å². The Kier molecular flexibility index (Phi) is 9.99. The van der Waals surface area contributed by atoms with Crippen molar-refractivity contribution in [1.82, 2.24) is 15.0 Å². The van der Waals surface area contributed by atoms with Gasteiger partial charge in [-0.1, -0.05) is 47.2 Å². The Bertz CT molecular complexity index is 977. The fraction of sp³-hybridized carbons (Fsp3) is 0.440. The molecule has 1 heterocycles. The minimum absolute atomic E-state index is 0.00955. The van der Waals surface area contributed by atoms with Crippen LogP contribution in [0.5, 0.6) is 5.75 Å². The lowest BCUT2D eigenvalue weighted by Gasteiger charge is -2.27. The SMILES string of the molecule is COc1ccc(C(O)(c2ccc(C)cc2)c2cn(CCOCCOCCOCCO)nn2)cc1. The molecule has 0 aliphatic carbocycles. The molecule has 0 aliphatic heterocycles. The van der Waals surface area contributed by atoms with Crippen molar-refractivity contribution in [3.8, 4) is 5.75 Å². The quantitative estimate of drug-likeness (QED) is 0.324. The summed E-state index contributed by atoms with van der Waals surface area (Å²) in [7, 11) is 1.61. The highest BCUT2D eigenvalue weighted by Gasteiger charge is 2.37. The van der Waals surface area contributed by atoms with Crippen molar-refractivity contribution >= 4 is 0 Å². The van der Waals surface area contributed by atoms with Crippen LogP contribution >= 0.6 is 0 Å². The van der Waals surface area contributed by atoms with Crippen molar-refractivity contribution in [3.05, 3.63) is 77.1 Å². The zero-order valence-electron chi connectivity index (χ0n) is 19.7. The van der Waals surface area contributed by atoms with E-state index in [4.69, 9.17) is 24.1 Å². The van der Waals surface area contributed by atoms with Crippen LogP contribution in [0.2, 0.25) is 0 Å². The molecule has 0 bridgehead atoms. The van der Waals surface area contributed by atoms with Gasteiger partial charge in [-0.05, 0) is 30.2 Å².